The minimum Gasteiger partial charge on any atom is -0.495 e. The predicted molar refractivity (Wildman–Crippen MR) is 75.9 cm³/mol. The maximum Gasteiger partial charge on any atom is 0.150 e. The number of aliphatic hydroxyl groups is 1. The van der Waals surface area contributed by atoms with Crippen molar-refractivity contribution in [2.45, 2.75) is 25.9 Å². The molecule has 1 rings (SSSR count). The van der Waals surface area contributed by atoms with E-state index in [-0.39, 0.29) is 11.5 Å². The standard InChI is InChI=1S/C13H21NO4S/c1-3-19(16,17)9-5-7-11(15)10-6-4-8-12(18-2)13(10)14/h4,6,8,11,15H,3,5,7,9,14H2,1-2H3. The normalized spacial score (nSPS) is 13.2. The van der Waals surface area contributed by atoms with Crippen molar-refractivity contribution in [2.24, 2.45) is 0 Å². The zero-order valence-corrected chi connectivity index (χ0v) is 12.1. The average molecular weight is 287 g/mol. The molecule has 1 atom stereocenters. The van der Waals surface area contributed by atoms with Gasteiger partial charge < -0.3 is 15.6 Å². The van der Waals surface area contributed by atoms with E-state index in [1.807, 2.05) is 0 Å². The van der Waals surface area contributed by atoms with Crippen molar-refractivity contribution in [2.75, 3.05) is 24.3 Å². The summed E-state index contributed by atoms with van der Waals surface area (Å²) in [5.41, 5.74) is 6.85. The number of benzene rings is 1. The van der Waals surface area contributed by atoms with Gasteiger partial charge in [-0.1, -0.05) is 19.1 Å². The number of ether oxygens (including phenoxy) is 1. The number of anilines is 1. The molecule has 0 fully saturated rings. The van der Waals surface area contributed by atoms with Crippen molar-refractivity contribution in [3.8, 4) is 5.75 Å². The number of sulfone groups is 1. The number of hydrogen-bond acceptors (Lipinski definition) is 5. The van der Waals surface area contributed by atoms with Crippen LogP contribution in [-0.4, -0.2) is 32.1 Å². The van der Waals surface area contributed by atoms with E-state index in [0.717, 1.165) is 0 Å². The second-order valence-electron chi connectivity index (χ2n) is 4.36. The van der Waals surface area contributed by atoms with Crippen LogP contribution in [0.3, 0.4) is 0 Å². The highest BCUT2D eigenvalue weighted by atomic mass is 32.2. The molecule has 0 amide bonds. The molecule has 1 unspecified atom stereocenters. The lowest BCUT2D eigenvalue weighted by molar-refractivity contribution is 0.167. The number of methoxy groups -OCH3 is 1. The number of aliphatic hydroxyl groups excluding tert-OH is 1. The Balaban J connectivity index is 2.66. The van der Waals surface area contributed by atoms with Crippen LogP contribution in [0.1, 0.15) is 31.4 Å². The van der Waals surface area contributed by atoms with Gasteiger partial charge in [-0.3, -0.25) is 0 Å². The molecule has 0 heterocycles. The second-order valence-corrected chi connectivity index (χ2v) is 6.83. The third-order valence-corrected chi connectivity index (χ3v) is 4.84. The average Bonchev–Trinajstić information content (AvgIpc) is 2.38. The molecule has 6 heteroatoms. The van der Waals surface area contributed by atoms with E-state index in [0.29, 0.717) is 29.8 Å². The summed E-state index contributed by atoms with van der Waals surface area (Å²) < 4.78 is 27.8. The van der Waals surface area contributed by atoms with Gasteiger partial charge in [0.05, 0.1) is 24.7 Å². The largest absolute Gasteiger partial charge is 0.495 e. The molecule has 1 aromatic carbocycles. The molecule has 108 valence electrons. The number of nitrogen functional groups attached to an aromatic ring is 1. The highest BCUT2D eigenvalue weighted by Crippen LogP contribution is 2.31. The Morgan fingerprint density at radius 1 is 1.42 bits per heavy atom. The molecule has 0 bridgehead atoms. The van der Waals surface area contributed by atoms with Crippen LogP contribution in [-0.2, 0) is 9.84 Å². The fraction of sp³-hybridized carbons (Fsp3) is 0.538. The van der Waals surface area contributed by atoms with Gasteiger partial charge in [-0.25, -0.2) is 8.42 Å². The first-order valence-electron chi connectivity index (χ1n) is 6.22. The second kappa shape index (κ2) is 6.77. The molecule has 0 aliphatic heterocycles. The summed E-state index contributed by atoms with van der Waals surface area (Å²) in [5, 5.41) is 10.1. The molecule has 0 aliphatic carbocycles. The van der Waals surface area contributed by atoms with E-state index in [4.69, 9.17) is 10.5 Å². The SMILES string of the molecule is CCS(=O)(=O)CCCC(O)c1cccc(OC)c1N. The maximum absolute atomic E-state index is 11.4. The van der Waals surface area contributed by atoms with Crippen LogP contribution >= 0.6 is 0 Å². The summed E-state index contributed by atoms with van der Waals surface area (Å²) in [7, 11) is -1.48. The van der Waals surface area contributed by atoms with Gasteiger partial charge in [0.15, 0.2) is 0 Å². The minimum atomic E-state index is -2.99. The number of nitrogens with two attached hydrogens (primary N) is 1. The Hall–Kier alpha value is -1.27. The molecule has 3 N–H and O–H groups in total. The highest BCUT2D eigenvalue weighted by molar-refractivity contribution is 7.91. The molecule has 1 aromatic rings. The van der Waals surface area contributed by atoms with Crippen LogP contribution in [0.5, 0.6) is 5.75 Å². The molecular weight excluding hydrogens is 266 g/mol. The van der Waals surface area contributed by atoms with Crippen molar-refractivity contribution in [1.29, 1.82) is 0 Å². The van der Waals surface area contributed by atoms with Gasteiger partial charge in [-0.2, -0.15) is 0 Å². The topological polar surface area (TPSA) is 89.6 Å². The minimum absolute atomic E-state index is 0.0877. The van der Waals surface area contributed by atoms with E-state index in [2.05, 4.69) is 0 Å². The summed E-state index contributed by atoms with van der Waals surface area (Å²) in [4.78, 5) is 0. The first-order chi connectivity index (χ1) is 8.91. The molecule has 19 heavy (non-hydrogen) atoms. The van der Waals surface area contributed by atoms with Crippen molar-refractivity contribution in [3.63, 3.8) is 0 Å². The van der Waals surface area contributed by atoms with Gasteiger partial charge in [0, 0.05) is 11.3 Å². The Morgan fingerprint density at radius 2 is 2.11 bits per heavy atom. The first-order valence-corrected chi connectivity index (χ1v) is 8.04. The molecule has 0 radical (unpaired) electrons. The summed E-state index contributed by atoms with van der Waals surface area (Å²) >= 11 is 0. The Kier molecular flexibility index (Phi) is 5.62. The van der Waals surface area contributed by atoms with Crippen LogP contribution in [0.25, 0.3) is 0 Å². The zero-order chi connectivity index (χ0) is 14.5. The number of hydrogen-bond donors (Lipinski definition) is 2. The molecule has 0 spiro atoms. The fourth-order valence-corrected chi connectivity index (χ4v) is 2.72. The van der Waals surface area contributed by atoms with E-state index in [9.17, 15) is 13.5 Å². The van der Waals surface area contributed by atoms with Gasteiger partial charge in [-0.15, -0.1) is 0 Å². The van der Waals surface area contributed by atoms with Crippen LogP contribution in [0.15, 0.2) is 18.2 Å². The highest BCUT2D eigenvalue weighted by Gasteiger charge is 2.15. The first kappa shape index (κ1) is 15.8. The maximum atomic E-state index is 11.4. The summed E-state index contributed by atoms with van der Waals surface area (Å²) in [6.07, 6.45) is -0.00734. The fourth-order valence-electron chi connectivity index (χ4n) is 1.83. The molecule has 0 aromatic heterocycles. The quantitative estimate of drug-likeness (QED) is 0.742. The molecule has 0 saturated heterocycles. The Morgan fingerprint density at radius 3 is 2.68 bits per heavy atom. The van der Waals surface area contributed by atoms with Crippen molar-refractivity contribution in [1.82, 2.24) is 0 Å². The summed E-state index contributed by atoms with van der Waals surface area (Å²) in [5.74, 6) is 0.729. The smallest absolute Gasteiger partial charge is 0.150 e. The monoisotopic (exact) mass is 287 g/mol. The van der Waals surface area contributed by atoms with E-state index in [1.165, 1.54) is 7.11 Å². The van der Waals surface area contributed by atoms with Gasteiger partial charge >= 0.3 is 0 Å². The summed E-state index contributed by atoms with van der Waals surface area (Å²) in [6, 6.07) is 5.18. The van der Waals surface area contributed by atoms with Gasteiger partial charge in [-0.05, 0) is 18.9 Å². The van der Waals surface area contributed by atoms with Crippen LogP contribution < -0.4 is 10.5 Å². The Bertz CT molecular complexity index is 513. The number of rotatable bonds is 7. The van der Waals surface area contributed by atoms with Crippen molar-refractivity contribution >= 4 is 15.5 Å². The lowest BCUT2D eigenvalue weighted by Crippen LogP contribution is -2.10. The van der Waals surface area contributed by atoms with Crippen molar-refractivity contribution in [3.05, 3.63) is 23.8 Å². The van der Waals surface area contributed by atoms with Crippen LogP contribution in [0.2, 0.25) is 0 Å². The lowest BCUT2D eigenvalue weighted by Gasteiger charge is -2.15. The third kappa shape index (κ3) is 4.40. The van der Waals surface area contributed by atoms with Crippen LogP contribution in [0, 0.1) is 0 Å². The lowest BCUT2D eigenvalue weighted by atomic mass is 10.0. The molecule has 5 nitrogen and oxygen atoms in total. The summed E-state index contributed by atoms with van der Waals surface area (Å²) in [6.45, 7) is 1.62. The van der Waals surface area contributed by atoms with Gasteiger partial charge in [0.25, 0.3) is 0 Å². The predicted octanol–water partition coefficient (Wildman–Crippen LogP) is 1.53. The Labute approximate surface area is 114 Å². The molecular formula is C13H21NO4S. The zero-order valence-electron chi connectivity index (χ0n) is 11.3. The van der Waals surface area contributed by atoms with Gasteiger partial charge in [0.2, 0.25) is 0 Å². The van der Waals surface area contributed by atoms with Crippen molar-refractivity contribution < 1.29 is 18.3 Å². The molecule has 0 saturated carbocycles. The molecule has 0 aliphatic rings. The third-order valence-electron chi connectivity index (χ3n) is 3.05. The van der Waals surface area contributed by atoms with E-state index < -0.39 is 15.9 Å². The van der Waals surface area contributed by atoms with E-state index >= 15 is 0 Å². The van der Waals surface area contributed by atoms with E-state index in [1.54, 1.807) is 25.1 Å². The van der Waals surface area contributed by atoms with Gasteiger partial charge in [0.1, 0.15) is 15.6 Å². The van der Waals surface area contributed by atoms with Crippen LogP contribution in [0.4, 0.5) is 5.69 Å². The number of para-hydroxylation sites is 1.